The molecule has 0 radical (unpaired) electrons. The lowest BCUT2D eigenvalue weighted by Gasteiger charge is -2.26. The second kappa shape index (κ2) is 8.93. The van der Waals surface area contributed by atoms with E-state index >= 15 is 0 Å². The topological polar surface area (TPSA) is 67.9 Å². The van der Waals surface area contributed by atoms with E-state index in [0.717, 1.165) is 37.7 Å². The van der Waals surface area contributed by atoms with Crippen molar-refractivity contribution in [1.29, 1.82) is 0 Å². The molecule has 138 valence electrons. The van der Waals surface area contributed by atoms with Crippen LogP contribution in [0.1, 0.15) is 20.1 Å². The molecule has 1 fully saturated rings. The summed E-state index contributed by atoms with van der Waals surface area (Å²) in [6.07, 6.45) is 0. The van der Waals surface area contributed by atoms with Crippen LogP contribution >= 0.6 is 11.3 Å². The van der Waals surface area contributed by atoms with Crippen LogP contribution in [0, 0.1) is 6.92 Å². The standard InChI is InChI=1S/C19H22N2O4S/c1-14-2-7-17(26-14)19(23)25-13-18(22)20-16-5-3-15(4-6-16)12-21-8-10-24-11-9-21/h2-7H,8-13H2,1H3,(H,20,22). The number of aryl methyl sites for hydroxylation is 1. The molecule has 1 saturated heterocycles. The monoisotopic (exact) mass is 374 g/mol. The number of rotatable bonds is 6. The predicted molar refractivity (Wildman–Crippen MR) is 101 cm³/mol. The van der Waals surface area contributed by atoms with Gasteiger partial charge in [0, 0.05) is 30.2 Å². The van der Waals surface area contributed by atoms with Crippen molar-refractivity contribution in [3.05, 3.63) is 51.7 Å². The Morgan fingerprint density at radius 2 is 1.88 bits per heavy atom. The first-order valence-corrected chi connectivity index (χ1v) is 9.34. The summed E-state index contributed by atoms with van der Waals surface area (Å²) < 4.78 is 10.4. The van der Waals surface area contributed by atoms with E-state index < -0.39 is 5.97 Å². The fourth-order valence-corrected chi connectivity index (χ4v) is 3.42. The van der Waals surface area contributed by atoms with E-state index in [1.165, 1.54) is 16.9 Å². The molecule has 1 aromatic heterocycles. The van der Waals surface area contributed by atoms with E-state index in [-0.39, 0.29) is 12.5 Å². The molecule has 1 aromatic carbocycles. The minimum Gasteiger partial charge on any atom is -0.451 e. The molecule has 7 heteroatoms. The van der Waals surface area contributed by atoms with Gasteiger partial charge in [-0.3, -0.25) is 9.69 Å². The summed E-state index contributed by atoms with van der Waals surface area (Å²) in [5, 5.41) is 2.74. The van der Waals surface area contributed by atoms with E-state index in [9.17, 15) is 9.59 Å². The molecule has 1 amide bonds. The normalized spacial score (nSPS) is 14.8. The maximum Gasteiger partial charge on any atom is 0.348 e. The van der Waals surface area contributed by atoms with Gasteiger partial charge in [0.05, 0.1) is 13.2 Å². The summed E-state index contributed by atoms with van der Waals surface area (Å²) >= 11 is 1.35. The van der Waals surface area contributed by atoms with Crippen molar-refractivity contribution in [2.75, 3.05) is 38.2 Å². The Kier molecular flexibility index (Phi) is 6.38. The zero-order valence-electron chi connectivity index (χ0n) is 14.7. The van der Waals surface area contributed by atoms with Crippen molar-refractivity contribution >= 4 is 28.9 Å². The zero-order chi connectivity index (χ0) is 18.4. The van der Waals surface area contributed by atoms with Gasteiger partial charge < -0.3 is 14.8 Å². The number of esters is 1. The highest BCUT2D eigenvalue weighted by Crippen LogP contribution is 2.16. The predicted octanol–water partition coefficient (Wildman–Crippen LogP) is 2.68. The largest absolute Gasteiger partial charge is 0.451 e. The number of carbonyl (C=O) groups excluding carboxylic acids is 2. The van der Waals surface area contributed by atoms with Crippen molar-refractivity contribution in [1.82, 2.24) is 4.90 Å². The highest BCUT2D eigenvalue weighted by Gasteiger charge is 2.13. The van der Waals surface area contributed by atoms with Crippen molar-refractivity contribution in [3.63, 3.8) is 0 Å². The summed E-state index contributed by atoms with van der Waals surface area (Å²) in [7, 11) is 0. The van der Waals surface area contributed by atoms with Crippen LogP contribution in [-0.2, 0) is 20.8 Å². The molecule has 6 nitrogen and oxygen atoms in total. The summed E-state index contributed by atoms with van der Waals surface area (Å²) in [6.45, 7) is 5.91. The Morgan fingerprint density at radius 1 is 1.15 bits per heavy atom. The lowest BCUT2D eigenvalue weighted by atomic mass is 10.2. The van der Waals surface area contributed by atoms with Crippen LogP contribution in [0.2, 0.25) is 0 Å². The van der Waals surface area contributed by atoms with Gasteiger partial charge in [-0.25, -0.2) is 4.79 Å². The minimum absolute atomic E-state index is 0.300. The van der Waals surface area contributed by atoms with Crippen LogP contribution in [0.3, 0.4) is 0 Å². The van der Waals surface area contributed by atoms with Gasteiger partial charge in [-0.1, -0.05) is 12.1 Å². The van der Waals surface area contributed by atoms with E-state index in [2.05, 4.69) is 10.2 Å². The van der Waals surface area contributed by atoms with Crippen LogP contribution in [0.5, 0.6) is 0 Å². The van der Waals surface area contributed by atoms with Gasteiger partial charge in [0.1, 0.15) is 4.88 Å². The molecule has 0 atom stereocenters. The summed E-state index contributed by atoms with van der Waals surface area (Å²) in [6, 6.07) is 11.3. The van der Waals surface area contributed by atoms with Gasteiger partial charge >= 0.3 is 5.97 Å². The first kappa shape index (κ1) is 18.6. The number of ether oxygens (including phenoxy) is 2. The first-order chi connectivity index (χ1) is 12.6. The molecule has 1 aliphatic rings. The average molecular weight is 374 g/mol. The van der Waals surface area contributed by atoms with Gasteiger partial charge in [0.25, 0.3) is 5.91 Å². The SMILES string of the molecule is Cc1ccc(C(=O)OCC(=O)Nc2ccc(CN3CCOCC3)cc2)s1. The average Bonchev–Trinajstić information content (AvgIpc) is 3.09. The van der Waals surface area contributed by atoms with Crippen molar-refractivity contribution in [2.45, 2.75) is 13.5 Å². The Hall–Kier alpha value is -2.22. The fourth-order valence-electron chi connectivity index (χ4n) is 2.65. The van der Waals surface area contributed by atoms with E-state index in [1.807, 2.05) is 37.3 Å². The number of thiophene rings is 1. The number of morpholine rings is 1. The molecular weight excluding hydrogens is 352 g/mol. The zero-order valence-corrected chi connectivity index (χ0v) is 15.5. The van der Waals surface area contributed by atoms with Crippen LogP contribution in [0.15, 0.2) is 36.4 Å². The third kappa shape index (κ3) is 5.39. The van der Waals surface area contributed by atoms with Gasteiger partial charge in [0.2, 0.25) is 0 Å². The van der Waals surface area contributed by atoms with Gasteiger partial charge in [-0.15, -0.1) is 11.3 Å². The summed E-state index contributed by atoms with van der Waals surface area (Å²) in [5.74, 6) is -0.827. The molecule has 0 unspecified atom stereocenters. The second-order valence-electron chi connectivity index (χ2n) is 6.12. The highest BCUT2D eigenvalue weighted by molar-refractivity contribution is 7.13. The first-order valence-electron chi connectivity index (χ1n) is 8.52. The van der Waals surface area contributed by atoms with Crippen molar-refractivity contribution in [2.24, 2.45) is 0 Å². The molecule has 0 bridgehead atoms. The smallest absolute Gasteiger partial charge is 0.348 e. The number of hydrogen-bond donors (Lipinski definition) is 1. The molecule has 0 saturated carbocycles. The van der Waals surface area contributed by atoms with Crippen molar-refractivity contribution < 1.29 is 19.1 Å². The quantitative estimate of drug-likeness (QED) is 0.788. The maximum absolute atomic E-state index is 11.9. The van der Waals surface area contributed by atoms with Crippen LogP contribution in [-0.4, -0.2) is 49.7 Å². The lowest BCUT2D eigenvalue weighted by Crippen LogP contribution is -2.35. The van der Waals surface area contributed by atoms with Crippen LogP contribution < -0.4 is 5.32 Å². The summed E-state index contributed by atoms with van der Waals surface area (Å²) in [4.78, 5) is 27.7. The Balaban J connectivity index is 1.44. The number of hydrogen-bond acceptors (Lipinski definition) is 6. The third-order valence-corrected chi connectivity index (χ3v) is 5.00. The Morgan fingerprint density at radius 3 is 2.54 bits per heavy atom. The lowest BCUT2D eigenvalue weighted by molar-refractivity contribution is -0.119. The molecule has 0 spiro atoms. The van der Waals surface area contributed by atoms with Gasteiger partial charge in [-0.2, -0.15) is 0 Å². The molecule has 1 aliphatic heterocycles. The fraction of sp³-hybridized carbons (Fsp3) is 0.368. The molecular formula is C19H22N2O4S. The third-order valence-electron chi connectivity index (χ3n) is 4.02. The van der Waals surface area contributed by atoms with E-state index in [4.69, 9.17) is 9.47 Å². The minimum atomic E-state index is -0.473. The number of carbonyl (C=O) groups is 2. The van der Waals surface area contributed by atoms with Gasteiger partial charge in [0.15, 0.2) is 6.61 Å². The maximum atomic E-state index is 11.9. The second-order valence-corrected chi connectivity index (χ2v) is 7.41. The highest BCUT2D eigenvalue weighted by atomic mass is 32.1. The number of nitrogens with zero attached hydrogens (tertiary/aromatic N) is 1. The van der Waals surface area contributed by atoms with E-state index in [0.29, 0.717) is 10.6 Å². The Bertz CT molecular complexity index is 751. The number of anilines is 1. The van der Waals surface area contributed by atoms with Crippen LogP contribution in [0.25, 0.3) is 0 Å². The van der Waals surface area contributed by atoms with E-state index in [1.54, 1.807) is 6.07 Å². The van der Waals surface area contributed by atoms with Crippen LogP contribution in [0.4, 0.5) is 5.69 Å². The molecule has 3 rings (SSSR count). The molecule has 0 aliphatic carbocycles. The summed E-state index contributed by atoms with van der Waals surface area (Å²) in [5.41, 5.74) is 1.87. The number of benzene rings is 1. The molecule has 2 heterocycles. The molecule has 1 N–H and O–H groups in total. The number of amides is 1. The number of nitrogens with one attached hydrogen (secondary N) is 1. The Labute approximate surface area is 156 Å². The molecule has 26 heavy (non-hydrogen) atoms. The van der Waals surface area contributed by atoms with Crippen molar-refractivity contribution in [3.8, 4) is 0 Å². The van der Waals surface area contributed by atoms with Gasteiger partial charge in [-0.05, 0) is 36.8 Å². The molecule has 2 aromatic rings.